The zero-order valence-electron chi connectivity index (χ0n) is 8.87. The molecular weight excluding hydrogens is 276 g/mol. The SMILES string of the molecule is O=C(O)CC1(c2c(F)c(F)c(Cl)c(F)c2F)CC1. The summed E-state index contributed by atoms with van der Waals surface area (Å²) in [5, 5.41) is 7.40. The van der Waals surface area contributed by atoms with Crippen molar-refractivity contribution in [3.63, 3.8) is 0 Å². The molecule has 1 aliphatic carbocycles. The second-order valence-corrected chi connectivity index (χ2v) is 4.67. The summed E-state index contributed by atoms with van der Waals surface area (Å²) in [5.74, 6) is -7.90. The number of benzene rings is 1. The zero-order valence-corrected chi connectivity index (χ0v) is 9.62. The van der Waals surface area contributed by atoms with Crippen molar-refractivity contribution in [1.29, 1.82) is 0 Å². The molecule has 1 N–H and O–H groups in total. The number of carboxylic acids is 1. The molecule has 7 heteroatoms. The van der Waals surface area contributed by atoms with Gasteiger partial charge in [-0.2, -0.15) is 0 Å². The van der Waals surface area contributed by atoms with Crippen LogP contribution in [-0.4, -0.2) is 11.1 Å². The van der Waals surface area contributed by atoms with E-state index < -0.39 is 51.7 Å². The van der Waals surface area contributed by atoms with E-state index in [9.17, 15) is 22.4 Å². The normalized spacial score (nSPS) is 16.7. The molecule has 0 amide bonds. The highest BCUT2D eigenvalue weighted by molar-refractivity contribution is 6.30. The fourth-order valence-electron chi connectivity index (χ4n) is 2.03. The van der Waals surface area contributed by atoms with Gasteiger partial charge in [-0.05, 0) is 12.8 Å². The van der Waals surface area contributed by atoms with Gasteiger partial charge < -0.3 is 5.11 Å². The van der Waals surface area contributed by atoms with Crippen LogP contribution in [0.5, 0.6) is 0 Å². The van der Waals surface area contributed by atoms with Gasteiger partial charge in [0.2, 0.25) is 0 Å². The second kappa shape index (κ2) is 4.12. The van der Waals surface area contributed by atoms with Gasteiger partial charge in [-0.1, -0.05) is 11.6 Å². The highest BCUT2D eigenvalue weighted by atomic mass is 35.5. The van der Waals surface area contributed by atoms with E-state index in [0.717, 1.165) is 0 Å². The lowest BCUT2D eigenvalue weighted by Gasteiger charge is -2.16. The summed E-state index contributed by atoms with van der Waals surface area (Å²) in [6.07, 6.45) is -0.261. The van der Waals surface area contributed by atoms with Gasteiger partial charge in [-0.15, -0.1) is 0 Å². The number of rotatable bonds is 3. The molecular formula is C11H7ClF4O2. The predicted molar refractivity (Wildman–Crippen MR) is 54.4 cm³/mol. The van der Waals surface area contributed by atoms with Crippen molar-refractivity contribution < 1.29 is 27.5 Å². The maximum absolute atomic E-state index is 13.6. The Morgan fingerprint density at radius 3 is 1.89 bits per heavy atom. The Labute approximate surface area is 104 Å². The van der Waals surface area contributed by atoms with E-state index in [0.29, 0.717) is 0 Å². The van der Waals surface area contributed by atoms with Crippen LogP contribution in [0.1, 0.15) is 24.8 Å². The minimum Gasteiger partial charge on any atom is -0.481 e. The van der Waals surface area contributed by atoms with E-state index >= 15 is 0 Å². The van der Waals surface area contributed by atoms with Crippen LogP contribution in [0.2, 0.25) is 5.02 Å². The quantitative estimate of drug-likeness (QED) is 0.524. The van der Waals surface area contributed by atoms with E-state index in [2.05, 4.69) is 0 Å². The highest BCUT2D eigenvalue weighted by Crippen LogP contribution is 2.53. The van der Waals surface area contributed by atoms with Crippen molar-refractivity contribution in [3.05, 3.63) is 33.9 Å². The lowest BCUT2D eigenvalue weighted by Crippen LogP contribution is -2.19. The minimum atomic E-state index is -1.69. The fourth-order valence-corrected chi connectivity index (χ4v) is 2.19. The van der Waals surface area contributed by atoms with Crippen molar-refractivity contribution in [2.24, 2.45) is 0 Å². The first-order chi connectivity index (χ1) is 8.30. The van der Waals surface area contributed by atoms with Gasteiger partial charge in [0.05, 0.1) is 6.42 Å². The average Bonchev–Trinajstić information content (AvgIpc) is 3.03. The second-order valence-electron chi connectivity index (χ2n) is 4.30. The molecule has 98 valence electrons. The van der Waals surface area contributed by atoms with Gasteiger partial charge in [0, 0.05) is 11.0 Å². The first-order valence-electron chi connectivity index (χ1n) is 5.04. The molecule has 0 heterocycles. The molecule has 1 saturated carbocycles. The largest absolute Gasteiger partial charge is 0.481 e. The van der Waals surface area contributed by atoms with Gasteiger partial charge in [0.15, 0.2) is 23.3 Å². The Morgan fingerprint density at radius 2 is 1.56 bits per heavy atom. The molecule has 18 heavy (non-hydrogen) atoms. The van der Waals surface area contributed by atoms with Gasteiger partial charge in [0.25, 0.3) is 0 Å². The molecule has 0 aromatic heterocycles. The fraction of sp³-hybridized carbons (Fsp3) is 0.364. The smallest absolute Gasteiger partial charge is 0.304 e. The first kappa shape index (κ1) is 13.1. The van der Waals surface area contributed by atoms with Crippen LogP contribution < -0.4 is 0 Å². The molecule has 2 rings (SSSR count). The Bertz CT molecular complexity index is 511. The molecule has 0 unspecified atom stereocenters. The average molecular weight is 283 g/mol. The summed E-state index contributed by atoms with van der Waals surface area (Å²) in [4.78, 5) is 10.6. The van der Waals surface area contributed by atoms with Crippen LogP contribution in [0, 0.1) is 23.3 Å². The van der Waals surface area contributed by atoms with Crippen LogP contribution >= 0.6 is 11.6 Å². The Balaban J connectivity index is 2.62. The van der Waals surface area contributed by atoms with Gasteiger partial charge in [-0.3, -0.25) is 4.79 Å². The topological polar surface area (TPSA) is 37.3 Å². The predicted octanol–water partition coefficient (Wildman–Crippen LogP) is 3.40. The molecule has 1 aromatic carbocycles. The molecule has 0 spiro atoms. The summed E-state index contributed by atoms with van der Waals surface area (Å²) >= 11 is 5.09. The summed E-state index contributed by atoms with van der Waals surface area (Å²) in [6, 6.07) is 0. The molecule has 2 nitrogen and oxygen atoms in total. The highest BCUT2D eigenvalue weighted by Gasteiger charge is 2.51. The molecule has 0 radical (unpaired) electrons. The number of carbonyl (C=O) groups is 1. The Morgan fingerprint density at radius 1 is 1.11 bits per heavy atom. The molecule has 1 aromatic rings. The summed E-state index contributed by atoms with van der Waals surface area (Å²) in [7, 11) is 0. The monoisotopic (exact) mass is 282 g/mol. The number of hydrogen-bond acceptors (Lipinski definition) is 1. The Kier molecular flexibility index (Phi) is 3.01. The molecule has 0 atom stereocenters. The molecule has 1 fully saturated rings. The number of carboxylic acid groups (broad SMARTS) is 1. The number of aliphatic carboxylic acids is 1. The minimum absolute atomic E-state index is 0.160. The lowest BCUT2D eigenvalue weighted by molar-refractivity contribution is -0.137. The number of halogens is 5. The first-order valence-corrected chi connectivity index (χ1v) is 5.41. The van der Waals surface area contributed by atoms with Crippen molar-refractivity contribution in [2.75, 3.05) is 0 Å². The summed E-state index contributed by atoms with van der Waals surface area (Å²) < 4.78 is 53.8. The van der Waals surface area contributed by atoms with E-state index in [1.54, 1.807) is 0 Å². The molecule has 0 bridgehead atoms. The third-order valence-corrected chi connectivity index (χ3v) is 3.42. The van der Waals surface area contributed by atoms with Crippen molar-refractivity contribution in [3.8, 4) is 0 Å². The third-order valence-electron chi connectivity index (χ3n) is 3.08. The van der Waals surface area contributed by atoms with Crippen LogP contribution in [-0.2, 0) is 10.2 Å². The van der Waals surface area contributed by atoms with Gasteiger partial charge in [-0.25, -0.2) is 17.6 Å². The van der Waals surface area contributed by atoms with Crippen molar-refractivity contribution in [1.82, 2.24) is 0 Å². The van der Waals surface area contributed by atoms with E-state index in [1.165, 1.54) is 0 Å². The van der Waals surface area contributed by atoms with Gasteiger partial charge >= 0.3 is 5.97 Å². The van der Waals surface area contributed by atoms with Crippen molar-refractivity contribution in [2.45, 2.75) is 24.7 Å². The van der Waals surface area contributed by atoms with E-state index in [-0.39, 0.29) is 12.8 Å². The summed E-state index contributed by atoms with van der Waals surface area (Å²) in [6.45, 7) is 0. The third kappa shape index (κ3) is 1.84. The van der Waals surface area contributed by atoms with Crippen molar-refractivity contribution >= 4 is 17.6 Å². The Hall–Kier alpha value is -1.30. The van der Waals surface area contributed by atoms with Crippen LogP contribution in [0.3, 0.4) is 0 Å². The summed E-state index contributed by atoms with van der Waals surface area (Å²) in [5.41, 5.74) is -2.23. The van der Waals surface area contributed by atoms with E-state index in [4.69, 9.17) is 16.7 Å². The standard InChI is InChI=1S/C11H7ClF4O2/c12-6-9(15)7(13)5(8(14)10(6)16)11(1-2-11)3-4(17)18/h1-3H2,(H,17,18). The van der Waals surface area contributed by atoms with Crippen LogP contribution in [0.25, 0.3) is 0 Å². The van der Waals surface area contributed by atoms with Gasteiger partial charge in [0.1, 0.15) is 5.02 Å². The maximum Gasteiger partial charge on any atom is 0.304 e. The van der Waals surface area contributed by atoms with Crippen LogP contribution in [0.15, 0.2) is 0 Å². The zero-order chi connectivity index (χ0) is 13.7. The van der Waals surface area contributed by atoms with E-state index in [1.807, 2.05) is 0 Å². The molecule has 0 saturated heterocycles. The van der Waals surface area contributed by atoms with Crippen LogP contribution in [0.4, 0.5) is 17.6 Å². The maximum atomic E-state index is 13.6. The molecule has 1 aliphatic rings. The number of hydrogen-bond donors (Lipinski definition) is 1. The molecule has 0 aliphatic heterocycles. The lowest BCUT2D eigenvalue weighted by atomic mass is 9.91.